The van der Waals surface area contributed by atoms with Gasteiger partial charge in [0.15, 0.2) is 5.82 Å². The molecular formula is C17H23N3O5S. The Morgan fingerprint density at radius 1 is 1.31 bits per heavy atom. The van der Waals surface area contributed by atoms with E-state index in [9.17, 15) is 8.42 Å². The molecule has 0 aliphatic carbocycles. The molecule has 9 heteroatoms. The van der Waals surface area contributed by atoms with Gasteiger partial charge in [0.05, 0.1) is 30.5 Å². The molecule has 26 heavy (non-hydrogen) atoms. The van der Waals surface area contributed by atoms with Crippen molar-refractivity contribution in [3.63, 3.8) is 0 Å². The Labute approximate surface area is 153 Å². The third-order valence-corrected chi connectivity index (χ3v) is 6.39. The summed E-state index contributed by atoms with van der Waals surface area (Å²) >= 11 is 0. The van der Waals surface area contributed by atoms with Crippen LogP contribution in [0.1, 0.15) is 19.7 Å². The van der Waals surface area contributed by atoms with Gasteiger partial charge in [0, 0.05) is 13.5 Å². The molecule has 2 heterocycles. The van der Waals surface area contributed by atoms with Crippen molar-refractivity contribution in [1.29, 1.82) is 0 Å². The number of rotatable bonds is 8. The fourth-order valence-corrected chi connectivity index (χ4v) is 3.91. The first kappa shape index (κ1) is 18.8. The van der Waals surface area contributed by atoms with Crippen molar-refractivity contribution in [1.82, 2.24) is 14.4 Å². The van der Waals surface area contributed by atoms with Crippen LogP contribution in [0.15, 0.2) is 28.8 Å². The lowest BCUT2D eigenvalue weighted by molar-refractivity contribution is 0.0760. The highest BCUT2D eigenvalue weighted by Gasteiger charge is 2.39. The number of methoxy groups -OCH3 is 1. The number of benzene rings is 1. The molecule has 0 spiro atoms. The van der Waals surface area contributed by atoms with E-state index in [1.807, 2.05) is 24.3 Å². The maximum Gasteiger partial charge on any atom is 0.261 e. The van der Waals surface area contributed by atoms with E-state index in [4.69, 9.17) is 14.0 Å². The molecule has 142 valence electrons. The second kappa shape index (κ2) is 7.73. The molecule has 0 radical (unpaired) electrons. The maximum atomic E-state index is 12.1. The predicted molar refractivity (Wildman–Crippen MR) is 95.4 cm³/mol. The van der Waals surface area contributed by atoms with Crippen LogP contribution in [0.5, 0.6) is 5.75 Å². The molecule has 1 aromatic heterocycles. The van der Waals surface area contributed by atoms with Crippen LogP contribution in [0.4, 0.5) is 0 Å². The lowest BCUT2D eigenvalue weighted by atomic mass is 10.2. The van der Waals surface area contributed by atoms with E-state index in [1.54, 1.807) is 21.0 Å². The average molecular weight is 381 g/mol. The smallest absolute Gasteiger partial charge is 0.261 e. The van der Waals surface area contributed by atoms with Crippen LogP contribution >= 0.6 is 0 Å². The monoisotopic (exact) mass is 381 g/mol. The lowest BCUT2D eigenvalue weighted by Gasteiger charge is -2.39. The maximum absolute atomic E-state index is 12.1. The summed E-state index contributed by atoms with van der Waals surface area (Å²) in [5.41, 5.74) is 0.689. The van der Waals surface area contributed by atoms with E-state index in [-0.39, 0.29) is 6.10 Å². The molecule has 2 aromatic rings. The zero-order valence-corrected chi connectivity index (χ0v) is 15.9. The van der Waals surface area contributed by atoms with Crippen LogP contribution in [0.2, 0.25) is 0 Å². The molecule has 1 fully saturated rings. The summed E-state index contributed by atoms with van der Waals surface area (Å²) in [5.74, 6) is 1.54. The van der Waals surface area contributed by atoms with Gasteiger partial charge in [-0.25, -0.2) is 8.42 Å². The highest BCUT2D eigenvalue weighted by molar-refractivity contribution is 7.89. The number of hydrogen-bond acceptors (Lipinski definition) is 7. The van der Waals surface area contributed by atoms with Crippen LogP contribution in [-0.4, -0.2) is 61.0 Å². The lowest BCUT2D eigenvalue weighted by Crippen LogP contribution is -2.57. The minimum Gasteiger partial charge on any atom is -0.487 e. The van der Waals surface area contributed by atoms with Crippen molar-refractivity contribution < 1.29 is 22.4 Å². The van der Waals surface area contributed by atoms with Gasteiger partial charge >= 0.3 is 0 Å². The van der Waals surface area contributed by atoms with Gasteiger partial charge in [-0.2, -0.15) is 9.29 Å². The third kappa shape index (κ3) is 3.89. The molecule has 0 unspecified atom stereocenters. The number of hydrogen-bond donors (Lipinski definition) is 0. The molecule has 1 saturated heterocycles. The van der Waals surface area contributed by atoms with Crippen molar-refractivity contribution >= 4 is 10.0 Å². The largest absolute Gasteiger partial charge is 0.487 e. The fraction of sp³-hybridized carbons (Fsp3) is 0.529. The molecule has 3 rings (SSSR count). The summed E-state index contributed by atoms with van der Waals surface area (Å²) in [4.78, 5) is 4.36. The van der Waals surface area contributed by atoms with E-state index in [1.165, 1.54) is 4.31 Å². The van der Waals surface area contributed by atoms with Gasteiger partial charge in [-0.3, -0.25) is 0 Å². The molecule has 0 amide bonds. The van der Waals surface area contributed by atoms with Crippen LogP contribution in [0.3, 0.4) is 0 Å². The van der Waals surface area contributed by atoms with Gasteiger partial charge in [-0.05, 0) is 26.0 Å². The first-order valence-corrected chi connectivity index (χ1v) is 9.98. The minimum atomic E-state index is -3.23. The van der Waals surface area contributed by atoms with E-state index in [0.717, 1.165) is 0 Å². The molecule has 0 bridgehead atoms. The van der Waals surface area contributed by atoms with Crippen molar-refractivity contribution in [2.75, 3.05) is 26.8 Å². The van der Waals surface area contributed by atoms with Crippen LogP contribution < -0.4 is 4.74 Å². The van der Waals surface area contributed by atoms with Crippen LogP contribution in [0, 0.1) is 0 Å². The predicted octanol–water partition coefficient (Wildman–Crippen LogP) is 1.73. The molecule has 8 nitrogen and oxygen atoms in total. The van der Waals surface area contributed by atoms with Crippen molar-refractivity contribution in [2.45, 2.75) is 31.6 Å². The summed E-state index contributed by atoms with van der Waals surface area (Å²) < 4.78 is 42.0. The summed E-state index contributed by atoms with van der Waals surface area (Å²) in [5, 5.41) is 3.51. The average Bonchev–Trinajstić information content (AvgIpc) is 3.04. The quantitative estimate of drug-likeness (QED) is 0.687. The number of ether oxygens (including phenoxy) is 2. The Balaban J connectivity index is 1.68. The highest BCUT2D eigenvalue weighted by atomic mass is 32.2. The molecule has 1 aliphatic rings. The van der Waals surface area contributed by atoms with Gasteiger partial charge in [0.25, 0.3) is 5.89 Å². The second-order valence-electron chi connectivity index (χ2n) is 6.41. The SMILES string of the molecule is COCCc1noc(-c2ccccc2OC2CN(S(=O)(=O)C(C)C)C2)n1. The number of sulfonamides is 1. The Kier molecular flexibility index (Phi) is 5.59. The Morgan fingerprint density at radius 2 is 2.04 bits per heavy atom. The Bertz CT molecular complexity index is 844. The van der Waals surface area contributed by atoms with Gasteiger partial charge in [-0.15, -0.1) is 0 Å². The van der Waals surface area contributed by atoms with E-state index in [2.05, 4.69) is 10.1 Å². The number of aromatic nitrogens is 2. The topological polar surface area (TPSA) is 94.8 Å². The zero-order valence-electron chi connectivity index (χ0n) is 15.1. The van der Waals surface area contributed by atoms with E-state index >= 15 is 0 Å². The van der Waals surface area contributed by atoms with Gasteiger partial charge < -0.3 is 14.0 Å². The van der Waals surface area contributed by atoms with E-state index < -0.39 is 15.3 Å². The van der Waals surface area contributed by atoms with Crippen molar-refractivity contribution in [2.24, 2.45) is 0 Å². The Morgan fingerprint density at radius 3 is 2.73 bits per heavy atom. The molecular weight excluding hydrogens is 358 g/mol. The van der Waals surface area contributed by atoms with E-state index in [0.29, 0.717) is 49.1 Å². The highest BCUT2D eigenvalue weighted by Crippen LogP contribution is 2.31. The summed E-state index contributed by atoms with van der Waals surface area (Å²) in [6.45, 7) is 4.56. The molecule has 0 saturated carbocycles. The van der Waals surface area contributed by atoms with Gasteiger partial charge in [0.2, 0.25) is 10.0 Å². The molecule has 1 aliphatic heterocycles. The second-order valence-corrected chi connectivity index (χ2v) is 8.89. The molecule has 0 atom stereocenters. The van der Waals surface area contributed by atoms with Gasteiger partial charge in [0.1, 0.15) is 11.9 Å². The summed E-state index contributed by atoms with van der Waals surface area (Å²) in [6.07, 6.45) is 0.369. The number of nitrogens with zero attached hydrogens (tertiary/aromatic N) is 3. The summed E-state index contributed by atoms with van der Waals surface area (Å²) in [6, 6.07) is 7.36. The van der Waals surface area contributed by atoms with Crippen LogP contribution in [0.25, 0.3) is 11.5 Å². The molecule has 1 aromatic carbocycles. The first-order chi connectivity index (χ1) is 12.4. The van der Waals surface area contributed by atoms with Crippen LogP contribution in [-0.2, 0) is 21.2 Å². The van der Waals surface area contributed by atoms with Crippen molar-refractivity contribution in [3.8, 4) is 17.2 Å². The normalized spacial score (nSPS) is 16.0. The third-order valence-electron chi connectivity index (χ3n) is 4.18. The fourth-order valence-electron chi connectivity index (χ4n) is 2.57. The standard InChI is InChI=1S/C17H23N3O5S/c1-12(2)26(21,22)20-10-13(11-20)24-15-7-5-4-6-14(15)17-18-16(19-25-17)8-9-23-3/h4-7,12-13H,8-11H2,1-3H3. The number of para-hydroxylation sites is 1. The minimum absolute atomic E-state index is 0.194. The van der Waals surface area contributed by atoms with Crippen molar-refractivity contribution in [3.05, 3.63) is 30.1 Å². The summed E-state index contributed by atoms with van der Waals surface area (Å²) in [7, 11) is -1.62. The molecule has 0 N–H and O–H groups in total. The zero-order chi connectivity index (χ0) is 18.7. The Hall–Kier alpha value is -1.97. The first-order valence-electron chi connectivity index (χ1n) is 8.48. The van der Waals surface area contributed by atoms with Gasteiger partial charge in [-0.1, -0.05) is 17.3 Å².